The standard InChI is InChI=1S/C13H18N2O4/c1-10(16)12-9-11(5-6-13(12)15(17)18)14(2)7-4-8-19-3/h5-6,9H,4,7-8H2,1-3H3. The first-order valence-corrected chi connectivity index (χ1v) is 5.96. The van der Waals surface area contributed by atoms with Crippen LogP contribution in [0.4, 0.5) is 11.4 Å². The topological polar surface area (TPSA) is 72.7 Å². The fourth-order valence-electron chi connectivity index (χ4n) is 1.78. The third-order valence-corrected chi connectivity index (χ3v) is 2.84. The first kappa shape index (κ1) is 15.1. The molecule has 0 aliphatic heterocycles. The van der Waals surface area contributed by atoms with E-state index in [1.807, 2.05) is 11.9 Å². The maximum absolute atomic E-state index is 11.5. The van der Waals surface area contributed by atoms with E-state index in [1.165, 1.54) is 13.0 Å². The van der Waals surface area contributed by atoms with Crippen LogP contribution in [0.2, 0.25) is 0 Å². The molecule has 0 heterocycles. The summed E-state index contributed by atoms with van der Waals surface area (Å²) in [6.45, 7) is 2.73. The molecule has 0 aliphatic carbocycles. The summed E-state index contributed by atoms with van der Waals surface area (Å²) >= 11 is 0. The van der Waals surface area contributed by atoms with E-state index in [1.54, 1.807) is 19.2 Å². The van der Waals surface area contributed by atoms with Crippen LogP contribution in [-0.2, 0) is 4.74 Å². The lowest BCUT2D eigenvalue weighted by Gasteiger charge is -2.19. The summed E-state index contributed by atoms with van der Waals surface area (Å²) < 4.78 is 4.97. The number of methoxy groups -OCH3 is 1. The molecule has 0 fully saturated rings. The van der Waals surface area contributed by atoms with E-state index in [4.69, 9.17) is 4.74 Å². The Hall–Kier alpha value is -1.95. The van der Waals surface area contributed by atoms with Gasteiger partial charge < -0.3 is 9.64 Å². The third kappa shape index (κ3) is 4.03. The molecule has 0 N–H and O–H groups in total. The molecule has 0 atom stereocenters. The Kier molecular flexibility index (Phi) is 5.44. The van der Waals surface area contributed by atoms with E-state index in [9.17, 15) is 14.9 Å². The van der Waals surface area contributed by atoms with Crippen LogP contribution in [0.25, 0.3) is 0 Å². The highest BCUT2D eigenvalue weighted by molar-refractivity contribution is 5.99. The number of carbonyl (C=O) groups excluding carboxylic acids is 1. The number of Topliss-reactive ketones (excluding diaryl/α,β-unsaturated/α-hetero) is 1. The van der Waals surface area contributed by atoms with Crippen molar-refractivity contribution in [3.63, 3.8) is 0 Å². The second-order valence-corrected chi connectivity index (χ2v) is 4.28. The number of benzene rings is 1. The fraction of sp³-hybridized carbons (Fsp3) is 0.462. The average Bonchev–Trinajstić information content (AvgIpc) is 2.38. The van der Waals surface area contributed by atoms with Crippen molar-refractivity contribution in [2.24, 2.45) is 0 Å². The first-order chi connectivity index (χ1) is 8.97. The fourth-order valence-corrected chi connectivity index (χ4v) is 1.78. The van der Waals surface area contributed by atoms with Crippen molar-refractivity contribution in [2.75, 3.05) is 32.2 Å². The van der Waals surface area contributed by atoms with Gasteiger partial charge in [-0.25, -0.2) is 0 Å². The van der Waals surface area contributed by atoms with Gasteiger partial charge in [-0.1, -0.05) is 0 Å². The minimum absolute atomic E-state index is 0.140. The van der Waals surface area contributed by atoms with Crippen LogP contribution in [0.3, 0.4) is 0 Å². The first-order valence-electron chi connectivity index (χ1n) is 5.96. The van der Waals surface area contributed by atoms with E-state index < -0.39 is 4.92 Å². The molecule has 1 rings (SSSR count). The van der Waals surface area contributed by atoms with Crippen LogP contribution in [-0.4, -0.2) is 38.0 Å². The highest BCUT2D eigenvalue weighted by atomic mass is 16.6. The summed E-state index contributed by atoms with van der Waals surface area (Å²) in [7, 11) is 3.51. The summed E-state index contributed by atoms with van der Waals surface area (Å²) in [6.07, 6.45) is 0.847. The van der Waals surface area contributed by atoms with Crippen molar-refractivity contribution in [1.29, 1.82) is 0 Å². The zero-order valence-electron chi connectivity index (χ0n) is 11.4. The normalized spacial score (nSPS) is 10.3. The SMILES string of the molecule is COCCCN(C)c1ccc([N+](=O)[O-])c(C(C)=O)c1. The highest BCUT2D eigenvalue weighted by Crippen LogP contribution is 2.25. The minimum Gasteiger partial charge on any atom is -0.385 e. The molecule has 6 heteroatoms. The zero-order chi connectivity index (χ0) is 14.4. The third-order valence-electron chi connectivity index (χ3n) is 2.84. The predicted octanol–water partition coefficient (Wildman–Crippen LogP) is 2.27. The van der Waals surface area contributed by atoms with Gasteiger partial charge in [0.2, 0.25) is 0 Å². The molecule has 104 valence electrons. The number of rotatable bonds is 7. The largest absolute Gasteiger partial charge is 0.385 e. The molecular weight excluding hydrogens is 248 g/mol. The molecular formula is C13H18N2O4. The van der Waals surface area contributed by atoms with Gasteiger partial charge in [0, 0.05) is 39.1 Å². The molecule has 0 amide bonds. The number of ether oxygens (including phenoxy) is 1. The molecule has 0 unspecified atom stereocenters. The van der Waals surface area contributed by atoms with Gasteiger partial charge in [0.1, 0.15) is 0 Å². The summed E-state index contributed by atoms with van der Waals surface area (Å²) in [4.78, 5) is 23.7. The smallest absolute Gasteiger partial charge is 0.280 e. The molecule has 0 aliphatic rings. The Labute approximate surface area is 112 Å². The molecule has 1 aromatic rings. The van der Waals surface area contributed by atoms with Crippen molar-refractivity contribution in [1.82, 2.24) is 0 Å². The highest BCUT2D eigenvalue weighted by Gasteiger charge is 2.18. The van der Waals surface area contributed by atoms with Gasteiger partial charge in [-0.2, -0.15) is 0 Å². The second-order valence-electron chi connectivity index (χ2n) is 4.28. The van der Waals surface area contributed by atoms with E-state index in [2.05, 4.69) is 0 Å². The Bertz CT molecular complexity index is 474. The van der Waals surface area contributed by atoms with Gasteiger partial charge in [-0.3, -0.25) is 14.9 Å². The summed E-state index contributed by atoms with van der Waals surface area (Å²) in [5.41, 5.74) is 0.773. The number of nitro groups is 1. The van der Waals surface area contributed by atoms with Crippen molar-refractivity contribution in [3.05, 3.63) is 33.9 Å². The molecule has 0 spiro atoms. The van der Waals surface area contributed by atoms with E-state index in [0.717, 1.165) is 18.7 Å². The molecule has 1 aromatic carbocycles. The van der Waals surface area contributed by atoms with Crippen LogP contribution in [0.1, 0.15) is 23.7 Å². The van der Waals surface area contributed by atoms with Crippen LogP contribution in [0.15, 0.2) is 18.2 Å². The van der Waals surface area contributed by atoms with Gasteiger partial charge >= 0.3 is 0 Å². The zero-order valence-corrected chi connectivity index (χ0v) is 11.4. The molecule has 0 aromatic heterocycles. The van der Waals surface area contributed by atoms with Crippen LogP contribution in [0.5, 0.6) is 0 Å². The van der Waals surface area contributed by atoms with Crippen molar-refractivity contribution < 1.29 is 14.5 Å². The second kappa shape index (κ2) is 6.84. The maximum Gasteiger partial charge on any atom is 0.280 e. The Morgan fingerprint density at radius 2 is 2.16 bits per heavy atom. The lowest BCUT2D eigenvalue weighted by atomic mass is 10.1. The Morgan fingerprint density at radius 3 is 2.68 bits per heavy atom. The number of hydrogen-bond donors (Lipinski definition) is 0. The number of carbonyl (C=O) groups is 1. The molecule has 0 radical (unpaired) electrons. The van der Waals surface area contributed by atoms with Crippen molar-refractivity contribution in [3.8, 4) is 0 Å². The number of ketones is 1. The van der Waals surface area contributed by atoms with Gasteiger partial charge in [0.05, 0.1) is 10.5 Å². The minimum atomic E-state index is -0.536. The van der Waals surface area contributed by atoms with E-state index in [-0.39, 0.29) is 17.0 Å². The molecule has 0 saturated carbocycles. The van der Waals surface area contributed by atoms with Crippen molar-refractivity contribution >= 4 is 17.2 Å². The lowest BCUT2D eigenvalue weighted by molar-refractivity contribution is -0.385. The number of nitro benzene ring substituents is 1. The van der Waals surface area contributed by atoms with Crippen LogP contribution >= 0.6 is 0 Å². The molecule has 0 saturated heterocycles. The van der Waals surface area contributed by atoms with Crippen molar-refractivity contribution in [2.45, 2.75) is 13.3 Å². The number of anilines is 1. The van der Waals surface area contributed by atoms with Gasteiger partial charge in [0.15, 0.2) is 5.78 Å². The summed E-state index contributed by atoms with van der Waals surface area (Å²) in [6, 6.07) is 4.59. The van der Waals surface area contributed by atoms with E-state index in [0.29, 0.717) is 6.61 Å². The monoisotopic (exact) mass is 266 g/mol. The predicted molar refractivity (Wildman–Crippen MR) is 72.9 cm³/mol. The summed E-state index contributed by atoms with van der Waals surface area (Å²) in [5, 5.41) is 10.8. The van der Waals surface area contributed by atoms with Gasteiger partial charge in [0.25, 0.3) is 5.69 Å². The van der Waals surface area contributed by atoms with Crippen LogP contribution < -0.4 is 4.90 Å². The summed E-state index contributed by atoms with van der Waals surface area (Å²) in [5.74, 6) is -0.307. The molecule has 19 heavy (non-hydrogen) atoms. The number of hydrogen-bond acceptors (Lipinski definition) is 5. The quantitative estimate of drug-likeness (QED) is 0.327. The Balaban J connectivity index is 2.95. The molecule has 0 bridgehead atoms. The Morgan fingerprint density at radius 1 is 1.47 bits per heavy atom. The van der Waals surface area contributed by atoms with Crippen LogP contribution in [0, 0.1) is 10.1 Å². The number of nitrogens with zero attached hydrogens (tertiary/aromatic N) is 2. The average molecular weight is 266 g/mol. The van der Waals surface area contributed by atoms with Gasteiger partial charge in [-0.05, 0) is 25.5 Å². The lowest BCUT2D eigenvalue weighted by Crippen LogP contribution is -2.20. The maximum atomic E-state index is 11.5. The molecule has 6 nitrogen and oxygen atoms in total. The van der Waals surface area contributed by atoms with E-state index >= 15 is 0 Å². The van der Waals surface area contributed by atoms with Gasteiger partial charge in [-0.15, -0.1) is 0 Å².